The van der Waals surface area contributed by atoms with Gasteiger partial charge < -0.3 is 29.4 Å². The molecular formula is C54H58ClN7O7S. The lowest BCUT2D eigenvalue weighted by Gasteiger charge is -2.35. The Labute approximate surface area is 419 Å². The van der Waals surface area contributed by atoms with Crippen molar-refractivity contribution in [3.05, 3.63) is 131 Å². The molecule has 3 amide bonds. The Balaban J connectivity index is 0.791. The number of β-amino-alcohol motifs (C(OH)–C–C–N with tert-alkyl or cyclic N) is 1. The van der Waals surface area contributed by atoms with Crippen LogP contribution in [0.5, 0.6) is 0 Å². The number of likely N-dealkylation sites (tertiary alicyclic amines) is 2. The largest absolute Gasteiger partial charge is 0.444 e. The van der Waals surface area contributed by atoms with Gasteiger partial charge in [0.25, 0.3) is 5.91 Å². The van der Waals surface area contributed by atoms with Crippen LogP contribution in [-0.2, 0) is 30.3 Å². The SMILES string of the molecule is [C-]#[N+]c1ccc(N2C(=O)C(C)(C)N(c3ccc(-c4ccc(C5CCN(COCC(=O)N[C@H](C(=O)N6C[C@H](O)C[C@H]6C(=O)CCc6ccc(-c7cnco7)cc6)C(C)(C)C)CC5)cc4)cc3)C2=S)cc1Cl. The van der Waals surface area contributed by atoms with E-state index >= 15 is 0 Å². The lowest BCUT2D eigenvalue weighted by atomic mass is 9.85. The summed E-state index contributed by atoms with van der Waals surface area (Å²) in [7, 11) is 0. The third kappa shape index (κ3) is 10.9. The van der Waals surface area contributed by atoms with Crippen molar-refractivity contribution in [1.29, 1.82) is 0 Å². The van der Waals surface area contributed by atoms with E-state index in [9.17, 15) is 24.3 Å². The molecule has 364 valence electrons. The Morgan fingerprint density at radius 3 is 2.23 bits per heavy atom. The van der Waals surface area contributed by atoms with Crippen LogP contribution in [-0.4, -0.2) is 105 Å². The first kappa shape index (κ1) is 50.1. The smallest absolute Gasteiger partial charge is 0.259 e. The zero-order valence-electron chi connectivity index (χ0n) is 40.1. The number of Topliss-reactive ketones (excluding diaryl/α,β-unsaturated/α-hetero) is 1. The Kier molecular flexibility index (Phi) is 15.0. The molecule has 16 heteroatoms. The number of benzene rings is 4. The van der Waals surface area contributed by atoms with E-state index in [0.29, 0.717) is 34.6 Å². The summed E-state index contributed by atoms with van der Waals surface area (Å²) in [5.41, 5.74) is 5.17. The number of piperidine rings is 1. The highest BCUT2D eigenvalue weighted by Crippen LogP contribution is 2.40. The number of hydrogen-bond donors (Lipinski definition) is 2. The number of nitrogens with zero attached hydrogens (tertiary/aromatic N) is 6. The predicted molar refractivity (Wildman–Crippen MR) is 273 cm³/mol. The van der Waals surface area contributed by atoms with E-state index in [2.05, 4.69) is 44.3 Å². The minimum absolute atomic E-state index is 0.0214. The molecule has 14 nitrogen and oxygen atoms in total. The zero-order valence-corrected chi connectivity index (χ0v) is 41.6. The van der Waals surface area contributed by atoms with Crippen LogP contribution in [0, 0.1) is 12.0 Å². The van der Waals surface area contributed by atoms with Crippen molar-refractivity contribution in [2.45, 2.75) is 96.4 Å². The first-order valence-electron chi connectivity index (χ1n) is 23.6. The number of carbonyl (C=O) groups excluding carboxylic acids is 4. The predicted octanol–water partition coefficient (Wildman–Crippen LogP) is 8.98. The zero-order chi connectivity index (χ0) is 49.9. The second kappa shape index (κ2) is 21.0. The molecule has 3 aliphatic heterocycles. The van der Waals surface area contributed by atoms with Crippen molar-refractivity contribution < 1.29 is 33.4 Å². The first-order chi connectivity index (χ1) is 33.4. The van der Waals surface area contributed by atoms with E-state index in [1.54, 1.807) is 24.4 Å². The number of rotatable bonds is 15. The molecule has 3 atom stereocenters. The fourth-order valence-electron chi connectivity index (χ4n) is 9.60. The summed E-state index contributed by atoms with van der Waals surface area (Å²) in [4.78, 5) is 68.9. The van der Waals surface area contributed by atoms with Crippen molar-refractivity contribution in [3.63, 3.8) is 0 Å². The minimum Gasteiger partial charge on any atom is -0.444 e. The van der Waals surface area contributed by atoms with E-state index in [-0.39, 0.29) is 49.4 Å². The van der Waals surface area contributed by atoms with Gasteiger partial charge in [-0.3, -0.25) is 29.0 Å². The maximum Gasteiger partial charge on any atom is 0.259 e. The van der Waals surface area contributed by atoms with Crippen LogP contribution in [0.1, 0.15) is 77.3 Å². The maximum absolute atomic E-state index is 14.1. The number of aliphatic hydroxyl groups is 1. The summed E-state index contributed by atoms with van der Waals surface area (Å²) in [5.74, 6) is -0.115. The molecule has 0 bridgehead atoms. The van der Waals surface area contributed by atoms with Gasteiger partial charge in [0.15, 0.2) is 23.0 Å². The first-order valence-corrected chi connectivity index (χ1v) is 24.4. The Hall–Kier alpha value is -6.28. The fourth-order valence-corrected chi connectivity index (χ4v) is 10.3. The van der Waals surface area contributed by atoms with Crippen molar-refractivity contribution in [2.24, 2.45) is 5.41 Å². The number of oxazole rings is 1. The van der Waals surface area contributed by atoms with Crippen LogP contribution < -0.4 is 15.1 Å². The summed E-state index contributed by atoms with van der Waals surface area (Å²) >= 11 is 12.2. The summed E-state index contributed by atoms with van der Waals surface area (Å²) < 4.78 is 11.2. The molecule has 8 rings (SSSR count). The maximum atomic E-state index is 14.1. The number of halogens is 1. The molecule has 5 aromatic rings. The number of anilines is 2. The van der Waals surface area contributed by atoms with Crippen molar-refractivity contribution in [2.75, 3.05) is 42.8 Å². The van der Waals surface area contributed by atoms with Crippen LogP contribution >= 0.6 is 23.8 Å². The number of amides is 3. The Bertz CT molecular complexity index is 2760. The quantitative estimate of drug-likeness (QED) is 0.0764. The van der Waals surface area contributed by atoms with Gasteiger partial charge in [-0.15, -0.1) is 0 Å². The second-order valence-electron chi connectivity index (χ2n) is 19.9. The van der Waals surface area contributed by atoms with Crippen LogP contribution in [0.3, 0.4) is 0 Å². The molecule has 0 spiro atoms. The summed E-state index contributed by atoms with van der Waals surface area (Å²) in [6.07, 6.45) is 4.87. The third-order valence-electron chi connectivity index (χ3n) is 13.6. The van der Waals surface area contributed by atoms with E-state index in [0.717, 1.165) is 53.9 Å². The molecule has 4 heterocycles. The lowest BCUT2D eigenvalue weighted by molar-refractivity contribution is -0.144. The lowest BCUT2D eigenvalue weighted by Crippen LogP contribution is -2.57. The highest BCUT2D eigenvalue weighted by Gasteiger charge is 2.50. The van der Waals surface area contributed by atoms with Gasteiger partial charge in [-0.05, 0) is 103 Å². The van der Waals surface area contributed by atoms with Gasteiger partial charge in [0.1, 0.15) is 18.2 Å². The summed E-state index contributed by atoms with van der Waals surface area (Å²) in [5, 5.41) is 14.1. The summed E-state index contributed by atoms with van der Waals surface area (Å²) in [6.45, 7) is 18.2. The molecule has 70 heavy (non-hydrogen) atoms. The number of aromatic nitrogens is 1. The van der Waals surface area contributed by atoms with E-state index in [1.807, 2.05) is 88.0 Å². The van der Waals surface area contributed by atoms with E-state index < -0.39 is 41.0 Å². The van der Waals surface area contributed by atoms with E-state index in [1.165, 1.54) is 21.8 Å². The van der Waals surface area contributed by atoms with Gasteiger partial charge in [-0.1, -0.05) is 99.1 Å². The highest BCUT2D eigenvalue weighted by atomic mass is 35.5. The molecule has 3 aliphatic rings. The number of nitrogens with one attached hydrogen (secondary N) is 1. The average Bonchev–Trinajstić information content (AvgIpc) is 4.07. The molecular weight excluding hydrogens is 926 g/mol. The second-order valence-corrected chi connectivity index (χ2v) is 20.7. The number of carbonyl (C=O) groups is 4. The van der Waals surface area contributed by atoms with Gasteiger partial charge in [0.2, 0.25) is 17.5 Å². The molecule has 2 N–H and O–H groups in total. The van der Waals surface area contributed by atoms with Gasteiger partial charge >= 0.3 is 0 Å². The molecule has 3 fully saturated rings. The number of ketones is 1. The van der Waals surface area contributed by atoms with Gasteiger partial charge in [0, 0.05) is 48.7 Å². The molecule has 1 aromatic heterocycles. The van der Waals surface area contributed by atoms with Gasteiger partial charge in [-0.25, -0.2) is 9.83 Å². The van der Waals surface area contributed by atoms with E-state index in [4.69, 9.17) is 39.5 Å². The minimum atomic E-state index is -0.953. The van der Waals surface area contributed by atoms with Gasteiger partial charge in [0.05, 0.1) is 37.3 Å². The van der Waals surface area contributed by atoms with Crippen LogP contribution in [0.4, 0.5) is 17.1 Å². The number of ether oxygens (including phenoxy) is 1. The van der Waals surface area contributed by atoms with Gasteiger partial charge in [-0.2, -0.15) is 0 Å². The van der Waals surface area contributed by atoms with Crippen molar-refractivity contribution in [3.8, 4) is 22.5 Å². The number of thiocarbonyl (C=S) groups is 1. The standard InChI is InChI=1S/C54H58ClN7O7S/c1-53(2,3)49(50(66)60-30-42(63)28-45(60)46(64)22-9-34-7-10-39(11-8-34)47-29-57-32-69-47)58-48(65)31-68-33-59-25-23-38(24-26-59)36-14-12-35(13-15-36)37-16-18-40(19-17-37)62-52(70)61(51(67)54(62,4)5)41-20-21-44(56-6)43(55)27-41/h7-8,10-21,27,29,32,38,42,45,49,63H,9,22-26,28,30-31,33H2,1-5H3,(H,58,65)/t42-,45+,49-/m1/s1. The number of aryl methyl sites for hydroxylation is 1. The Morgan fingerprint density at radius 1 is 0.971 bits per heavy atom. The molecule has 4 aromatic carbocycles. The van der Waals surface area contributed by atoms with Crippen LogP contribution in [0.15, 0.2) is 108 Å². The third-order valence-corrected chi connectivity index (χ3v) is 14.3. The topological polar surface area (TPSA) is 153 Å². The normalized spacial score (nSPS) is 19.1. The average molecular weight is 985 g/mol. The van der Waals surface area contributed by atoms with Crippen molar-refractivity contribution >= 4 is 69.5 Å². The number of aliphatic hydroxyl groups excluding tert-OH is 1. The highest BCUT2D eigenvalue weighted by molar-refractivity contribution is 7.81. The Morgan fingerprint density at radius 2 is 1.61 bits per heavy atom. The molecule has 0 unspecified atom stereocenters. The summed E-state index contributed by atoms with van der Waals surface area (Å²) in [6, 6.07) is 27.5. The van der Waals surface area contributed by atoms with Crippen LogP contribution in [0.2, 0.25) is 5.02 Å². The van der Waals surface area contributed by atoms with Crippen LogP contribution in [0.25, 0.3) is 27.3 Å². The molecule has 3 saturated heterocycles. The molecule has 0 radical (unpaired) electrons. The molecule has 0 saturated carbocycles. The number of hydrogen-bond acceptors (Lipinski definition) is 10. The molecule has 0 aliphatic carbocycles. The fraction of sp³-hybridized carbons (Fsp3) is 0.389. The monoisotopic (exact) mass is 983 g/mol. The van der Waals surface area contributed by atoms with Crippen molar-refractivity contribution in [1.82, 2.24) is 20.1 Å².